The fourth-order valence-electron chi connectivity index (χ4n) is 1.22. The van der Waals surface area contributed by atoms with Gasteiger partial charge in [-0.1, -0.05) is 5.21 Å². The Hall–Kier alpha value is -1.08. The second-order valence-electron chi connectivity index (χ2n) is 5.04. The second-order valence-corrected chi connectivity index (χ2v) is 5.04. The molecule has 1 N–H and O–H groups in total. The van der Waals surface area contributed by atoms with Crippen LogP contribution in [0.15, 0.2) is 6.20 Å². The lowest BCUT2D eigenvalue weighted by atomic mass is 10.1. The second kappa shape index (κ2) is 6.75. The van der Waals surface area contributed by atoms with E-state index in [9.17, 15) is 8.78 Å². The van der Waals surface area contributed by atoms with Crippen molar-refractivity contribution in [3.05, 3.63) is 11.9 Å². The zero-order chi connectivity index (χ0) is 13.6. The number of ether oxygens (including phenoxy) is 1. The summed E-state index contributed by atoms with van der Waals surface area (Å²) >= 11 is 0. The van der Waals surface area contributed by atoms with Crippen LogP contribution in [0.25, 0.3) is 0 Å². The molecular formula is C11H20F2N4O. The fourth-order valence-corrected chi connectivity index (χ4v) is 1.22. The molecular weight excluding hydrogens is 242 g/mol. The van der Waals surface area contributed by atoms with E-state index in [0.717, 1.165) is 5.69 Å². The molecule has 0 unspecified atom stereocenters. The van der Waals surface area contributed by atoms with Crippen molar-refractivity contribution >= 4 is 0 Å². The lowest BCUT2D eigenvalue weighted by Gasteiger charge is -2.19. The number of aromatic nitrogens is 3. The van der Waals surface area contributed by atoms with Crippen LogP contribution in [0.2, 0.25) is 0 Å². The molecule has 0 aliphatic heterocycles. The average Bonchev–Trinajstić information content (AvgIpc) is 2.68. The van der Waals surface area contributed by atoms with Crippen LogP contribution in [-0.4, -0.2) is 40.2 Å². The monoisotopic (exact) mass is 262 g/mol. The highest BCUT2D eigenvalue weighted by molar-refractivity contribution is 4.92. The van der Waals surface area contributed by atoms with Gasteiger partial charge in [0.25, 0.3) is 6.43 Å². The Morgan fingerprint density at radius 2 is 2.17 bits per heavy atom. The molecule has 0 aliphatic carbocycles. The first-order valence-electron chi connectivity index (χ1n) is 5.87. The Labute approximate surface area is 106 Å². The van der Waals surface area contributed by atoms with Crippen molar-refractivity contribution in [2.75, 3.05) is 13.2 Å². The quantitative estimate of drug-likeness (QED) is 0.756. The predicted molar refractivity (Wildman–Crippen MR) is 63.4 cm³/mol. The van der Waals surface area contributed by atoms with Crippen molar-refractivity contribution < 1.29 is 13.5 Å². The summed E-state index contributed by atoms with van der Waals surface area (Å²) in [5, 5.41) is 11.2. The molecule has 0 fully saturated rings. The van der Waals surface area contributed by atoms with Gasteiger partial charge >= 0.3 is 0 Å². The molecule has 1 aromatic rings. The van der Waals surface area contributed by atoms with Crippen LogP contribution in [0.3, 0.4) is 0 Å². The Morgan fingerprint density at radius 1 is 1.44 bits per heavy atom. The van der Waals surface area contributed by atoms with Gasteiger partial charge in [0.05, 0.1) is 18.8 Å². The molecule has 0 spiro atoms. The lowest BCUT2D eigenvalue weighted by Crippen LogP contribution is -2.35. The van der Waals surface area contributed by atoms with Crippen LogP contribution in [0.4, 0.5) is 8.78 Å². The molecule has 0 aliphatic rings. The molecule has 1 rings (SSSR count). The normalized spacial score (nSPS) is 12.3. The molecule has 0 atom stereocenters. The summed E-state index contributed by atoms with van der Waals surface area (Å²) in [5.41, 5.74) is 0.836. The molecule has 0 bridgehead atoms. The molecule has 5 nitrogen and oxygen atoms in total. The van der Waals surface area contributed by atoms with Gasteiger partial charge in [-0.15, -0.1) is 5.10 Å². The Kier molecular flexibility index (Phi) is 5.61. The van der Waals surface area contributed by atoms with E-state index in [-0.39, 0.29) is 12.1 Å². The van der Waals surface area contributed by atoms with E-state index in [2.05, 4.69) is 36.4 Å². The van der Waals surface area contributed by atoms with E-state index in [0.29, 0.717) is 13.1 Å². The van der Waals surface area contributed by atoms with E-state index < -0.39 is 13.0 Å². The Morgan fingerprint density at radius 3 is 2.78 bits per heavy atom. The van der Waals surface area contributed by atoms with Gasteiger partial charge < -0.3 is 10.1 Å². The minimum atomic E-state index is -2.42. The van der Waals surface area contributed by atoms with Crippen molar-refractivity contribution in [2.24, 2.45) is 0 Å². The maximum atomic E-state index is 11.8. The Balaban J connectivity index is 2.26. The summed E-state index contributed by atoms with van der Waals surface area (Å²) in [6.45, 7) is 6.92. The third-order valence-corrected chi connectivity index (χ3v) is 2.09. The van der Waals surface area contributed by atoms with Crippen LogP contribution in [0.5, 0.6) is 0 Å². The van der Waals surface area contributed by atoms with Crippen LogP contribution >= 0.6 is 0 Å². The number of hydrogen-bond donors (Lipinski definition) is 1. The molecule has 0 radical (unpaired) electrons. The number of halogens is 2. The van der Waals surface area contributed by atoms with Crippen molar-refractivity contribution in [1.82, 2.24) is 20.3 Å². The summed E-state index contributed by atoms with van der Waals surface area (Å²) in [5.74, 6) is 0. The van der Waals surface area contributed by atoms with Gasteiger partial charge in [-0.25, -0.2) is 13.5 Å². The first kappa shape index (κ1) is 15.0. The van der Waals surface area contributed by atoms with Gasteiger partial charge in [-0.3, -0.25) is 0 Å². The zero-order valence-electron chi connectivity index (χ0n) is 11.0. The molecule has 0 aromatic carbocycles. The molecule has 1 aromatic heterocycles. The SMILES string of the molecule is CC(C)(C)NCc1cn(CCOCC(F)F)nn1. The molecule has 7 heteroatoms. The summed E-state index contributed by atoms with van der Waals surface area (Å²) in [7, 11) is 0. The fraction of sp³-hybridized carbons (Fsp3) is 0.818. The summed E-state index contributed by atoms with van der Waals surface area (Å²) in [6.07, 6.45) is -0.642. The van der Waals surface area contributed by atoms with E-state index in [4.69, 9.17) is 4.74 Å². The van der Waals surface area contributed by atoms with Gasteiger partial charge in [0, 0.05) is 18.3 Å². The number of alkyl halides is 2. The predicted octanol–water partition coefficient (Wildman–Crippen LogP) is 1.45. The van der Waals surface area contributed by atoms with Crippen LogP contribution in [0.1, 0.15) is 26.5 Å². The highest BCUT2D eigenvalue weighted by Crippen LogP contribution is 2.01. The van der Waals surface area contributed by atoms with Crippen LogP contribution in [0, 0.1) is 0 Å². The average molecular weight is 262 g/mol. The number of hydrogen-bond acceptors (Lipinski definition) is 4. The third kappa shape index (κ3) is 6.61. The van der Waals surface area contributed by atoms with E-state index in [1.54, 1.807) is 10.9 Å². The largest absolute Gasteiger partial charge is 0.374 e. The van der Waals surface area contributed by atoms with Crippen molar-refractivity contribution in [1.29, 1.82) is 0 Å². The number of rotatable bonds is 7. The van der Waals surface area contributed by atoms with Gasteiger partial charge in [0.2, 0.25) is 0 Å². The van der Waals surface area contributed by atoms with E-state index in [1.807, 2.05) is 0 Å². The minimum Gasteiger partial charge on any atom is -0.374 e. The van der Waals surface area contributed by atoms with Gasteiger partial charge in [0.1, 0.15) is 6.61 Å². The molecule has 0 amide bonds. The van der Waals surface area contributed by atoms with Crippen LogP contribution in [-0.2, 0) is 17.8 Å². The first-order valence-corrected chi connectivity index (χ1v) is 5.87. The molecule has 0 saturated heterocycles. The van der Waals surface area contributed by atoms with Gasteiger partial charge in [-0.05, 0) is 20.8 Å². The zero-order valence-corrected chi connectivity index (χ0v) is 11.0. The highest BCUT2D eigenvalue weighted by Gasteiger charge is 2.10. The minimum absolute atomic E-state index is 0.0180. The molecule has 0 saturated carbocycles. The smallest absolute Gasteiger partial charge is 0.261 e. The molecule has 18 heavy (non-hydrogen) atoms. The maximum Gasteiger partial charge on any atom is 0.261 e. The first-order chi connectivity index (χ1) is 8.37. The highest BCUT2D eigenvalue weighted by atomic mass is 19.3. The third-order valence-electron chi connectivity index (χ3n) is 2.09. The van der Waals surface area contributed by atoms with Crippen LogP contribution < -0.4 is 5.32 Å². The molecule has 1 heterocycles. The van der Waals surface area contributed by atoms with Gasteiger partial charge in [-0.2, -0.15) is 0 Å². The van der Waals surface area contributed by atoms with Crippen molar-refractivity contribution in [3.8, 4) is 0 Å². The summed E-state index contributed by atoms with van der Waals surface area (Å²) < 4.78 is 30.0. The summed E-state index contributed by atoms with van der Waals surface area (Å²) in [4.78, 5) is 0. The standard InChI is InChI=1S/C11H20F2N4O/c1-11(2,3)14-6-9-7-17(16-15-9)4-5-18-8-10(12)13/h7,10,14H,4-6,8H2,1-3H3. The topological polar surface area (TPSA) is 52.0 Å². The van der Waals surface area contributed by atoms with Crippen molar-refractivity contribution in [3.63, 3.8) is 0 Å². The summed E-state index contributed by atoms with van der Waals surface area (Å²) in [6, 6.07) is 0. The maximum absolute atomic E-state index is 11.8. The van der Waals surface area contributed by atoms with Gasteiger partial charge in [0.15, 0.2) is 0 Å². The number of nitrogens with one attached hydrogen (secondary N) is 1. The Bertz CT molecular complexity index is 349. The van der Waals surface area contributed by atoms with E-state index >= 15 is 0 Å². The lowest BCUT2D eigenvalue weighted by molar-refractivity contribution is 0.0139. The van der Waals surface area contributed by atoms with E-state index in [1.165, 1.54) is 0 Å². The number of nitrogens with zero attached hydrogens (tertiary/aromatic N) is 3. The van der Waals surface area contributed by atoms with Crippen molar-refractivity contribution in [2.45, 2.75) is 45.8 Å². The molecule has 104 valence electrons.